The largest absolute Gasteiger partial charge is 0.382 e. The van der Waals surface area contributed by atoms with E-state index in [0.29, 0.717) is 12.3 Å². The van der Waals surface area contributed by atoms with Gasteiger partial charge in [0, 0.05) is 12.1 Å². The fourth-order valence-corrected chi connectivity index (χ4v) is 2.03. The van der Waals surface area contributed by atoms with E-state index in [2.05, 4.69) is 4.72 Å². The van der Waals surface area contributed by atoms with Crippen molar-refractivity contribution in [3.63, 3.8) is 0 Å². The molecule has 1 N–H and O–H groups in total. The van der Waals surface area contributed by atoms with Gasteiger partial charge in [0.25, 0.3) is 0 Å². The van der Waals surface area contributed by atoms with Crippen LogP contribution in [-0.2, 0) is 16.8 Å². The van der Waals surface area contributed by atoms with E-state index in [1.165, 1.54) is 0 Å². The minimum atomic E-state index is -3.56. The first-order valence-electron chi connectivity index (χ1n) is 3.85. The topological polar surface area (TPSA) is 55.4 Å². The summed E-state index contributed by atoms with van der Waals surface area (Å²) in [4.78, 5) is 0. The molecular formula is C8H9NO3S. The van der Waals surface area contributed by atoms with E-state index in [0.717, 1.165) is 11.1 Å². The summed E-state index contributed by atoms with van der Waals surface area (Å²) in [6.45, 7) is 2.25. The van der Waals surface area contributed by atoms with Gasteiger partial charge in [-0.1, -0.05) is 17.7 Å². The van der Waals surface area contributed by atoms with E-state index >= 15 is 0 Å². The third-order valence-corrected chi connectivity index (χ3v) is 2.75. The lowest BCUT2D eigenvalue weighted by Gasteiger charge is -2.17. The first kappa shape index (κ1) is 8.52. The summed E-state index contributed by atoms with van der Waals surface area (Å²) in [5, 5.41) is 0. The molecular weight excluding hydrogens is 190 g/mol. The van der Waals surface area contributed by atoms with Crippen molar-refractivity contribution in [2.45, 2.75) is 13.5 Å². The van der Waals surface area contributed by atoms with Crippen molar-refractivity contribution < 1.29 is 12.6 Å². The van der Waals surface area contributed by atoms with E-state index in [4.69, 9.17) is 4.18 Å². The summed E-state index contributed by atoms with van der Waals surface area (Å²) in [5.74, 6) is 0.421. The van der Waals surface area contributed by atoms with Gasteiger partial charge < -0.3 is 4.18 Å². The first-order chi connectivity index (χ1) is 6.07. The van der Waals surface area contributed by atoms with Crippen LogP contribution in [0.15, 0.2) is 18.2 Å². The monoisotopic (exact) mass is 199 g/mol. The Balaban J connectivity index is 2.48. The Morgan fingerprint density at radius 2 is 2.23 bits per heavy atom. The molecule has 0 saturated heterocycles. The van der Waals surface area contributed by atoms with Crippen molar-refractivity contribution in [2.75, 3.05) is 0 Å². The van der Waals surface area contributed by atoms with Gasteiger partial charge in [0.1, 0.15) is 5.75 Å². The molecule has 13 heavy (non-hydrogen) atoms. The van der Waals surface area contributed by atoms with Gasteiger partial charge in [-0.15, -0.1) is 0 Å². The highest BCUT2D eigenvalue weighted by Gasteiger charge is 2.20. The molecule has 0 aliphatic carbocycles. The molecule has 0 bridgehead atoms. The van der Waals surface area contributed by atoms with Crippen LogP contribution in [0.4, 0.5) is 0 Å². The minimum Gasteiger partial charge on any atom is -0.371 e. The number of nitrogens with one attached hydrogen (secondary N) is 1. The molecule has 1 heterocycles. The summed E-state index contributed by atoms with van der Waals surface area (Å²) in [6.07, 6.45) is 0. The molecule has 0 aromatic heterocycles. The Hall–Kier alpha value is -1.07. The third kappa shape index (κ3) is 1.66. The minimum absolute atomic E-state index is 0.305. The molecule has 1 aromatic carbocycles. The highest BCUT2D eigenvalue weighted by Crippen LogP contribution is 2.24. The predicted octanol–water partition coefficient (Wildman–Crippen LogP) is 0.722. The second-order valence-corrected chi connectivity index (χ2v) is 4.33. The summed E-state index contributed by atoms with van der Waals surface area (Å²) in [5.41, 5.74) is 1.96. The maximum absolute atomic E-state index is 11.0. The maximum atomic E-state index is 11.0. The lowest BCUT2D eigenvalue weighted by Crippen LogP contribution is -2.32. The SMILES string of the molecule is Cc1ccc2c(c1)CNS(=O)(=O)O2. The summed E-state index contributed by atoms with van der Waals surface area (Å²) < 4.78 is 29.0. The number of hydrogen-bond donors (Lipinski definition) is 1. The summed E-state index contributed by atoms with van der Waals surface area (Å²) in [6, 6.07) is 5.39. The molecule has 4 nitrogen and oxygen atoms in total. The average molecular weight is 199 g/mol. The van der Waals surface area contributed by atoms with Crippen molar-refractivity contribution >= 4 is 10.3 Å². The number of aryl methyl sites for hydroxylation is 1. The number of rotatable bonds is 0. The molecule has 0 fully saturated rings. The van der Waals surface area contributed by atoms with E-state index in [1.54, 1.807) is 6.07 Å². The van der Waals surface area contributed by atoms with Gasteiger partial charge in [0.05, 0.1) is 0 Å². The third-order valence-electron chi connectivity index (χ3n) is 1.85. The molecule has 1 aliphatic heterocycles. The quantitative estimate of drug-likeness (QED) is 0.670. The second-order valence-electron chi connectivity index (χ2n) is 2.97. The van der Waals surface area contributed by atoms with Crippen molar-refractivity contribution in [2.24, 2.45) is 0 Å². The van der Waals surface area contributed by atoms with Crippen LogP contribution in [0.2, 0.25) is 0 Å². The van der Waals surface area contributed by atoms with Crippen LogP contribution in [-0.4, -0.2) is 8.42 Å². The Kier molecular flexibility index (Phi) is 1.78. The zero-order valence-corrected chi connectivity index (χ0v) is 7.89. The van der Waals surface area contributed by atoms with Crippen LogP contribution in [0.25, 0.3) is 0 Å². The van der Waals surface area contributed by atoms with Crippen molar-refractivity contribution in [3.8, 4) is 5.75 Å². The van der Waals surface area contributed by atoms with Gasteiger partial charge in [-0.05, 0) is 13.0 Å². The highest BCUT2D eigenvalue weighted by atomic mass is 32.2. The van der Waals surface area contributed by atoms with Gasteiger partial charge in [0.2, 0.25) is 0 Å². The van der Waals surface area contributed by atoms with Gasteiger partial charge in [0.15, 0.2) is 0 Å². The molecule has 0 saturated carbocycles. The maximum Gasteiger partial charge on any atom is 0.382 e. The predicted molar refractivity (Wildman–Crippen MR) is 47.6 cm³/mol. The van der Waals surface area contributed by atoms with Gasteiger partial charge in [-0.3, -0.25) is 0 Å². The molecule has 1 aromatic rings. The molecule has 0 unspecified atom stereocenters. The Labute approximate surface area is 76.8 Å². The lowest BCUT2D eigenvalue weighted by atomic mass is 10.1. The summed E-state index contributed by atoms with van der Waals surface area (Å²) in [7, 11) is -3.56. The van der Waals surface area contributed by atoms with Crippen molar-refractivity contribution in [1.82, 2.24) is 4.72 Å². The fourth-order valence-electron chi connectivity index (χ4n) is 1.24. The van der Waals surface area contributed by atoms with Crippen molar-refractivity contribution in [3.05, 3.63) is 29.3 Å². The molecule has 0 spiro atoms. The van der Waals surface area contributed by atoms with E-state index < -0.39 is 10.3 Å². The van der Waals surface area contributed by atoms with Crippen LogP contribution in [0.3, 0.4) is 0 Å². The van der Waals surface area contributed by atoms with Crippen LogP contribution < -0.4 is 8.91 Å². The van der Waals surface area contributed by atoms with Crippen LogP contribution in [0, 0.1) is 6.92 Å². The fraction of sp³-hybridized carbons (Fsp3) is 0.250. The Bertz CT molecular complexity index is 439. The van der Waals surface area contributed by atoms with Crippen LogP contribution in [0.1, 0.15) is 11.1 Å². The van der Waals surface area contributed by atoms with E-state index in [9.17, 15) is 8.42 Å². The highest BCUT2D eigenvalue weighted by molar-refractivity contribution is 7.85. The number of fused-ring (bicyclic) bond motifs is 1. The second kappa shape index (κ2) is 2.71. The number of hydrogen-bond acceptors (Lipinski definition) is 3. The lowest BCUT2D eigenvalue weighted by molar-refractivity contribution is 0.453. The number of benzene rings is 1. The average Bonchev–Trinajstić information content (AvgIpc) is 2.05. The zero-order chi connectivity index (χ0) is 9.47. The molecule has 0 radical (unpaired) electrons. The standard InChI is InChI=1S/C8H9NO3S/c1-6-2-3-8-7(4-6)5-9-13(10,11)12-8/h2-4,9H,5H2,1H3. The first-order valence-corrected chi connectivity index (χ1v) is 5.26. The van der Waals surface area contributed by atoms with Gasteiger partial charge >= 0.3 is 10.3 Å². The Morgan fingerprint density at radius 1 is 1.46 bits per heavy atom. The zero-order valence-electron chi connectivity index (χ0n) is 7.07. The normalized spacial score (nSPS) is 18.8. The molecule has 0 atom stereocenters. The van der Waals surface area contributed by atoms with Crippen LogP contribution >= 0.6 is 0 Å². The summed E-state index contributed by atoms with van der Waals surface area (Å²) >= 11 is 0. The van der Waals surface area contributed by atoms with E-state index in [1.807, 2.05) is 19.1 Å². The molecule has 5 heteroatoms. The van der Waals surface area contributed by atoms with E-state index in [-0.39, 0.29) is 0 Å². The Morgan fingerprint density at radius 3 is 3.00 bits per heavy atom. The van der Waals surface area contributed by atoms with Gasteiger partial charge in [-0.2, -0.15) is 13.1 Å². The smallest absolute Gasteiger partial charge is 0.371 e. The van der Waals surface area contributed by atoms with Gasteiger partial charge in [-0.25, -0.2) is 0 Å². The molecule has 0 amide bonds. The molecule has 2 rings (SSSR count). The van der Waals surface area contributed by atoms with Crippen molar-refractivity contribution in [1.29, 1.82) is 0 Å². The molecule has 1 aliphatic rings. The molecule has 70 valence electrons. The van der Waals surface area contributed by atoms with Crippen LogP contribution in [0.5, 0.6) is 5.75 Å².